The van der Waals surface area contributed by atoms with Crippen molar-refractivity contribution < 1.29 is 4.79 Å². The number of hydrogen-bond acceptors (Lipinski definition) is 4. The lowest BCUT2D eigenvalue weighted by Crippen LogP contribution is -2.36. The molecule has 2 aromatic heterocycles. The molecule has 1 amide bonds. The van der Waals surface area contributed by atoms with Crippen LogP contribution in [0.5, 0.6) is 0 Å². The van der Waals surface area contributed by atoms with Crippen molar-refractivity contribution >= 4 is 17.4 Å². The van der Waals surface area contributed by atoms with E-state index in [0.29, 0.717) is 6.54 Å². The summed E-state index contributed by atoms with van der Waals surface area (Å²) in [6.45, 7) is 9.09. The first-order chi connectivity index (χ1) is 10.4. The zero-order valence-electron chi connectivity index (χ0n) is 14.1. The van der Waals surface area contributed by atoms with Gasteiger partial charge in [-0.05, 0) is 27.2 Å². The Kier molecular flexibility index (Phi) is 5.00. The first-order valence-corrected chi connectivity index (χ1v) is 7.75. The van der Waals surface area contributed by atoms with Crippen LogP contribution in [-0.2, 0) is 4.79 Å². The summed E-state index contributed by atoms with van der Waals surface area (Å²) >= 11 is 0. The zero-order valence-corrected chi connectivity index (χ0v) is 14.1. The molecular weight excluding hydrogens is 278 g/mol. The predicted octanol–water partition coefficient (Wildman–Crippen LogP) is 2.01. The van der Waals surface area contributed by atoms with Crippen LogP contribution < -0.4 is 10.2 Å². The number of anilines is 1. The molecule has 0 atom stereocenters. The fourth-order valence-electron chi connectivity index (χ4n) is 2.36. The standard InChI is InChI=1S/C16H25N5O/c1-6-7-8-17-14(22)10-20(5)15-9-11(2)18-16-12(3)13(4)19-21(15)16/h9H,6-8,10H2,1-5H3,(H,17,22). The van der Waals surface area contributed by atoms with E-state index in [1.807, 2.05) is 43.3 Å². The van der Waals surface area contributed by atoms with Crippen LogP contribution in [0.2, 0.25) is 0 Å². The summed E-state index contributed by atoms with van der Waals surface area (Å²) in [6, 6.07) is 1.96. The third-order valence-electron chi connectivity index (χ3n) is 3.79. The number of aromatic nitrogens is 3. The molecule has 6 heteroatoms. The molecule has 2 heterocycles. The van der Waals surface area contributed by atoms with Gasteiger partial charge in [-0.15, -0.1) is 0 Å². The van der Waals surface area contributed by atoms with Crippen LogP contribution in [0.3, 0.4) is 0 Å². The lowest BCUT2D eigenvalue weighted by Gasteiger charge is -2.20. The molecule has 0 aromatic carbocycles. The van der Waals surface area contributed by atoms with Gasteiger partial charge in [0.1, 0.15) is 5.82 Å². The van der Waals surface area contributed by atoms with E-state index in [1.54, 1.807) is 0 Å². The number of carbonyl (C=O) groups excluding carboxylic acids is 1. The highest BCUT2D eigenvalue weighted by Gasteiger charge is 2.15. The monoisotopic (exact) mass is 303 g/mol. The molecule has 120 valence electrons. The van der Waals surface area contributed by atoms with Crippen molar-refractivity contribution in [1.29, 1.82) is 0 Å². The average Bonchev–Trinajstić information content (AvgIpc) is 2.74. The maximum Gasteiger partial charge on any atom is 0.239 e. The number of likely N-dealkylation sites (N-methyl/N-ethyl adjacent to an activating group) is 1. The summed E-state index contributed by atoms with van der Waals surface area (Å²) < 4.78 is 1.82. The van der Waals surface area contributed by atoms with Crippen LogP contribution >= 0.6 is 0 Å². The lowest BCUT2D eigenvalue weighted by atomic mass is 10.3. The van der Waals surface area contributed by atoms with Crippen molar-refractivity contribution in [2.24, 2.45) is 0 Å². The fraction of sp³-hybridized carbons (Fsp3) is 0.562. The normalized spacial score (nSPS) is 11.0. The molecule has 0 saturated heterocycles. The van der Waals surface area contributed by atoms with Gasteiger partial charge in [-0.2, -0.15) is 9.61 Å². The van der Waals surface area contributed by atoms with E-state index in [2.05, 4.69) is 22.3 Å². The Morgan fingerprint density at radius 1 is 1.36 bits per heavy atom. The predicted molar refractivity (Wildman–Crippen MR) is 88.4 cm³/mol. The van der Waals surface area contributed by atoms with Gasteiger partial charge in [0.05, 0.1) is 12.2 Å². The van der Waals surface area contributed by atoms with Gasteiger partial charge in [-0.1, -0.05) is 13.3 Å². The SMILES string of the molecule is CCCCNC(=O)CN(C)c1cc(C)nc2c(C)c(C)nn12. The van der Waals surface area contributed by atoms with E-state index < -0.39 is 0 Å². The molecule has 0 aliphatic carbocycles. The topological polar surface area (TPSA) is 62.5 Å². The van der Waals surface area contributed by atoms with Gasteiger partial charge in [0.2, 0.25) is 5.91 Å². The number of nitrogens with zero attached hydrogens (tertiary/aromatic N) is 4. The lowest BCUT2D eigenvalue weighted by molar-refractivity contribution is -0.119. The van der Waals surface area contributed by atoms with Crippen LogP contribution in [0.15, 0.2) is 6.07 Å². The smallest absolute Gasteiger partial charge is 0.239 e. The summed E-state index contributed by atoms with van der Waals surface area (Å²) in [5.74, 6) is 0.906. The molecule has 0 bridgehead atoms. The van der Waals surface area contributed by atoms with Crippen LogP contribution in [0, 0.1) is 20.8 Å². The minimum atomic E-state index is 0.0270. The van der Waals surface area contributed by atoms with Gasteiger partial charge in [-0.25, -0.2) is 4.98 Å². The number of nitrogens with one attached hydrogen (secondary N) is 1. The summed E-state index contributed by atoms with van der Waals surface area (Å²) in [5, 5.41) is 7.48. The highest BCUT2D eigenvalue weighted by Crippen LogP contribution is 2.20. The number of unbranched alkanes of at least 4 members (excludes halogenated alkanes) is 1. The van der Waals surface area contributed by atoms with Gasteiger partial charge >= 0.3 is 0 Å². The van der Waals surface area contributed by atoms with E-state index in [4.69, 9.17) is 0 Å². The molecule has 0 saturated carbocycles. The quantitative estimate of drug-likeness (QED) is 0.829. The van der Waals surface area contributed by atoms with Gasteiger partial charge < -0.3 is 10.2 Å². The number of aryl methyl sites for hydroxylation is 3. The highest BCUT2D eigenvalue weighted by molar-refractivity contribution is 5.81. The summed E-state index contributed by atoms with van der Waals surface area (Å²) in [4.78, 5) is 18.5. The van der Waals surface area contributed by atoms with Gasteiger partial charge in [0, 0.05) is 30.9 Å². The van der Waals surface area contributed by atoms with Crippen molar-refractivity contribution in [3.8, 4) is 0 Å². The number of hydrogen-bond donors (Lipinski definition) is 1. The molecule has 1 N–H and O–H groups in total. The highest BCUT2D eigenvalue weighted by atomic mass is 16.2. The van der Waals surface area contributed by atoms with Gasteiger partial charge in [0.25, 0.3) is 0 Å². The zero-order chi connectivity index (χ0) is 16.3. The molecule has 2 aromatic rings. The molecule has 0 aliphatic heterocycles. The van der Waals surface area contributed by atoms with Crippen molar-refractivity contribution in [2.45, 2.75) is 40.5 Å². The van der Waals surface area contributed by atoms with E-state index in [9.17, 15) is 4.79 Å². The Morgan fingerprint density at radius 2 is 2.09 bits per heavy atom. The van der Waals surface area contributed by atoms with Crippen molar-refractivity contribution in [3.63, 3.8) is 0 Å². The fourth-order valence-corrected chi connectivity index (χ4v) is 2.36. The summed E-state index contributed by atoms with van der Waals surface area (Å²) in [6.07, 6.45) is 2.08. The Labute approximate surface area is 131 Å². The Hall–Kier alpha value is -2.11. The minimum Gasteiger partial charge on any atom is -0.355 e. The van der Waals surface area contributed by atoms with Crippen molar-refractivity contribution in [1.82, 2.24) is 19.9 Å². The van der Waals surface area contributed by atoms with E-state index >= 15 is 0 Å². The van der Waals surface area contributed by atoms with E-state index in [-0.39, 0.29) is 5.91 Å². The molecule has 0 radical (unpaired) electrons. The second-order valence-electron chi connectivity index (χ2n) is 5.76. The Balaban J connectivity index is 2.22. The third-order valence-corrected chi connectivity index (χ3v) is 3.79. The van der Waals surface area contributed by atoms with Crippen LogP contribution in [0.25, 0.3) is 5.65 Å². The second kappa shape index (κ2) is 6.77. The molecule has 6 nitrogen and oxygen atoms in total. The Morgan fingerprint density at radius 3 is 2.77 bits per heavy atom. The van der Waals surface area contributed by atoms with Gasteiger partial charge in [0.15, 0.2) is 5.65 Å². The third kappa shape index (κ3) is 3.37. The summed E-state index contributed by atoms with van der Waals surface area (Å²) in [7, 11) is 1.90. The van der Waals surface area contributed by atoms with Crippen LogP contribution in [0.4, 0.5) is 5.82 Å². The maximum absolute atomic E-state index is 12.0. The Bertz CT molecular complexity index is 677. The summed E-state index contributed by atoms with van der Waals surface area (Å²) in [5.41, 5.74) is 3.81. The van der Waals surface area contributed by atoms with E-state index in [1.165, 1.54) is 0 Å². The largest absolute Gasteiger partial charge is 0.355 e. The van der Waals surface area contributed by atoms with Crippen molar-refractivity contribution in [3.05, 3.63) is 23.0 Å². The maximum atomic E-state index is 12.0. The molecule has 0 unspecified atom stereocenters. The number of carbonyl (C=O) groups is 1. The van der Waals surface area contributed by atoms with Crippen LogP contribution in [-0.4, -0.2) is 40.6 Å². The molecule has 0 aliphatic rings. The molecular formula is C16H25N5O. The number of rotatable bonds is 6. The molecule has 0 spiro atoms. The average molecular weight is 303 g/mol. The first kappa shape index (κ1) is 16.3. The second-order valence-corrected chi connectivity index (χ2v) is 5.76. The molecule has 2 rings (SSSR count). The van der Waals surface area contributed by atoms with Crippen molar-refractivity contribution in [2.75, 3.05) is 25.0 Å². The molecule has 22 heavy (non-hydrogen) atoms. The minimum absolute atomic E-state index is 0.0270. The molecule has 0 fully saturated rings. The van der Waals surface area contributed by atoms with Crippen LogP contribution in [0.1, 0.15) is 36.7 Å². The first-order valence-electron chi connectivity index (χ1n) is 7.75. The van der Waals surface area contributed by atoms with E-state index in [0.717, 1.165) is 47.8 Å². The van der Waals surface area contributed by atoms with Gasteiger partial charge in [-0.3, -0.25) is 4.79 Å². The number of fused-ring (bicyclic) bond motifs is 1. The number of amides is 1.